The average Bonchev–Trinajstić information content (AvgIpc) is 2.90. The number of nitrogens with one attached hydrogen (secondary N) is 2. The molecule has 1 aliphatic heterocycles. The van der Waals surface area contributed by atoms with Gasteiger partial charge in [-0.05, 0) is 50.0 Å². The van der Waals surface area contributed by atoms with E-state index in [0.717, 1.165) is 19.5 Å². The van der Waals surface area contributed by atoms with Gasteiger partial charge in [0.15, 0.2) is 0 Å². The first-order valence-electron chi connectivity index (χ1n) is 6.77. The highest BCUT2D eigenvalue weighted by molar-refractivity contribution is 7.89. The van der Waals surface area contributed by atoms with E-state index in [2.05, 4.69) is 10.0 Å². The third kappa shape index (κ3) is 4.17. The Kier molecular flexibility index (Phi) is 5.08. The Balaban J connectivity index is 2.10. The zero-order valence-corrected chi connectivity index (χ0v) is 12.4. The van der Waals surface area contributed by atoms with E-state index in [1.54, 1.807) is 0 Å². The van der Waals surface area contributed by atoms with Crippen molar-refractivity contribution >= 4 is 10.0 Å². The third-order valence-corrected chi connectivity index (χ3v) is 5.03. The van der Waals surface area contributed by atoms with Crippen molar-refractivity contribution in [3.63, 3.8) is 0 Å². The largest absolute Gasteiger partial charge is 0.416 e. The van der Waals surface area contributed by atoms with Gasteiger partial charge in [0.05, 0.1) is 5.56 Å². The van der Waals surface area contributed by atoms with Crippen LogP contribution in [0.25, 0.3) is 0 Å². The minimum Gasteiger partial charge on any atom is -0.316 e. The highest BCUT2D eigenvalue weighted by Crippen LogP contribution is 2.31. The van der Waals surface area contributed by atoms with Crippen LogP contribution in [0.4, 0.5) is 17.6 Å². The number of hydrogen-bond acceptors (Lipinski definition) is 3. The topological polar surface area (TPSA) is 58.2 Å². The summed E-state index contributed by atoms with van der Waals surface area (Å²) in [4.78, 5) is -0.980. The molecule has 0 amide bonds. The fourth-order valence-corrected chi connectivity index (χ4v) is 3.47. The normalized spacial score (nSPS) is 19.5. The standard InChI is InChI=1S/C13H16F4N2O2S/c14-11-2-1-10(13(15,16)17)7-12(11)22(20,21)19-6-4-9-3-5-18-8-9/h1-2,7,9,18-19H,3-6,8H2. The minimum absolute atomic E-state index is 0.0599. The van der Waals surface area contributed by atoms with Crippen LogP contribution in [0.2, 0.25) is 0 Å². The number of hydrogen-bond donors (Lipinski definition) is 2. The summed E-state index contributed by atoms with van der Waals surface area (Å²) in [6.07, 6.45) is -3.26. The van der Waals surface area contributed by atoms with Crippen LogP contribution < -0.4 is 10.0 Å². The fraction of sp³-hybridized carbons (Fsp3) is 0.538. The van der Waals surface area contributed by atoms with Crippen molar-refractivity contribution in [3.8, 4) is 0 Å². The molecule has 1 fully saturated rings. The summed E-state index contributed by atoms with van der Waals surface area (Å²) in [7, 11) is -4.31. The third-order valence-electron chi connectivity index (χ3n) is 3.56. The van der Waals surface area contributed by atoms with E-state index in [1.165, 1.54) is 0 Å². The van der Waals surface area contributed by atoms with E-state index in [-0.39, 0.29) is 6.54 Å². The van der Waals surface area contributed by atoms with Crippen LogP contribution in [0.15, 0.2) is 23.1 Å². The maximum atomic E-state index is 13.6. The van der Waals surface area contributed by atoms with Crippen molar-refractivity contribution in [2.75, 3.05) is 19.6 Å². The molecule has 124 valence electrons. The van der Waals surface area contributed by atoms with Crippen LogP contribution in [-0.2, 0) is 16.2 Å². The number of alkyl halides is 3. The van der Waals surface area contributed by atoms with Crippen molar-refractivity contribution in [3.05, 3.63) is 29.6 Å². The molecule has 1 aromatic rings. The number of rotatable bonds is 5. The average molecular weight is 340 g/mol. The smallest absolute Gasteiger partial charge is 0.316 e. The van der Waals surface area contributed by atoms with Crippen LogP contribution in [0.1, 0.15) is 18.4 Å². The molecule has 1 atom stereocenters. The van der Waals surface area contributed by atoms with Gasteiger partial charge in [0.1, 0.15) is 10.7 Å². The molecule has 1 unspecified atom stereocenters. The summed E-state index contributed by atoms with van der Waals surface area (Å²) in [6.45, 7) is 1.70. The van der Waals surface area contributed by atoms with Crippen molar-refractivity contribution < 1.29 is 26.0 Å². The molecule has 1 aliphatic rings. The van der Waals surface area contributed by atoms with E-state index in [1.807, 2.05) is 0 Å². The SMILES string of the molecule is O=S(=O)(NCCC1CCNC1)c1cc(C(F)(F)F)ccc1F. The molecule has 1 heterocycles. The van der Waals surface area contributed by atoms with Gasteiger partial charge in [-0.3, -0.25) is 0 Å². The first kappa shape index (κ1) is 17.2. The van der Waals surface area contributed by atoms with Gasteiger partial charge < -0.3 is 5.32 Å². The van der Waals surface area contributed by atoms with Crippen molar-refractivity contribution in [2.45, 2.75) is 23.9 Å². The van der Waals surface area contributed by atoms with E-state index in [9.17, 15) is 26.0 Å². The van der Waals surface area contributed by atoms with Crippen LogP contribution in [0, 0.1) is 11.7 Å². The maximum Gasteiger partial charge on any atom is 0.416 e. The zero-order chi connectivity index (χ0) is 16.4. The second-order valence-corrected chi connectivity index (χ2v) is 6.92. The Morgan fingerprint density at radius 1 is 1.32 bits per heavy atom. The summed E-state index contributed by atoms with van der Waals surface area (Å²) in [5.41, 5.74) is -1.20. The molecular weight excluding hydrogens is 324 g/mol. The molecule has 0 saturated carbocycles. The van der Waals surface area contributed by atoms with E-state index in [4.69, 9.17) is 0 Å². The van der Waals surface area contributed by atoms with E-state index >= 15 is 0 Å². The Hall–Kier alpha value is -1.19. The van der Waals surface area contributed by atoms with Crippen molar-refractivity contribution in [1.82, 2.24) is 10.0 Å². The first-order chi connectivity index (χ1) is 10.2. The number of sulfonamides is 1. The van der Waals surface area contributed by atoms with Gasteiger partial charge in [-0.1, -0.05) is 0 Å². The van der Waals surface area contributed by atoms with Gasteiger partial charge >= 0.3 is 6.18 Å². The molecule has 9 heteroatoms. The van der Waals surface area contributed by atoms with E-state index < -0.39 is 32.5 Å². The highest BCUT2D eigenvalue weighted by atomic mass is 32.2. The summed E-state index contributed by atoms with van der Waals surface area (Å²) in [5.74, 6) is -0.892. The lowest BCUT2D eigenvalue weighted by atomic mass is 10.1. The summed E-state index contributed by atoms with van der Waals surface area (Å²) >= 11 is 0. The van der Waals surface area contributed by atoms with Gasteiger partial charge in [-0.2, -0.15) is 13.2 Å². The summed E-state index contributed by atoms with van der Waals surface area (Å²) in [5, 5.41) is 3.12. The summed E-state index contributed by atoms with van der Waals surface area (Å²) < 4.78 is 77.5. The molecule has 0 aliphatic carbocycles. The van der Waals surface area contributed by atoms with Gasteiger partial charge in [0.25, 0.3) is 0 Å². The lowest BCUT2D eigenvalue weighted by Gasteiger charge is -2.12. The lowest BCUT2D eigenvalue weighted by molar-refractivity contribution is -0.137. The molecule has 1 saturated heterocycles. The predicted molar refractivity (Wildman–Crippen MR) is 72.2 cm³/mol. The van der Waals surface area contributed by atoms with Gasteiger partial charge in [-0.25, -0.2) is 17.5 Å². The molecule has 0 aromatic heterocycles. The molecule has 0 radical (unpaired) electrons. The van der Waals surface area contributed by atoms with Gasteiger partial charge in [0, 0.05) is 6.54 Å². The van der Waals surface area contributed by atoms with Gasteiger partial charge in [0.2, 0.25) is 10.0 Å². The van der Waals surface area contributed by atoms with Crippen LogP contribution in [0.3, 0.4) is 0 Å². The predicted octanol–water partition coefficient (Wildman–Crippen LogP) is 2.12. The molecule has 0 spiro atoms. The molecule has 0 bridgehead atoms. The molecule has 2 N–H and O–H groups in total. The monoisotopic (exact) mass is 340 g/mol. The molecule has 22 heavy (non-hydrogen) atoms. The molecule has 2 rings (SSSR count). The summed E-state index contributed by atoms with van der Waals surface area (Å²) in [6, 6.07) is 1.34. The number of benzene rings is 1. The Bertz CT molecular complexity index is 625. The highest BCUT2D eigenvalue weighted by Gasteiger charge is 2.33. The Morgan fingerprint density at radius 2 is 2.05 bits per heavy atom. The van der Waals surface area contributed by atoms with Crippen molar-refractivity contribution in [2.24, 2.45) is 5.92 Å². The van der Waals surface area contributed by atoms with Gasteiger partial charge in [-0.15, -0.1) is 0 Å². The second-order valence-electron chi connectivity index (χ2n) is 5.19. The van der Waals surface area contributed by atoms with Crippen LogP contribution in [-0.4, -0.2) is 28.1 Å². The molecule has 4 nitrogen and oxygen atoms in total. The second kappa shape index (κ2) is 6.51. The van der Waals surface area contributed by atoms with Crippen LogP contribution >= 0.6 is 0 Å². The zero-order valence-electron chi connectivity index (χ0n) is 11.6. The minimum atomic E-state index is -4.73. The molecular formula is C13H16F4N2O2S. The lowest BCUT2D eigenvalue weighted by Crippen LogP contribution is -2.27. The maximum absolute atomic E-state index is 13.6. The Labute approximate surface area is 126 Å². The Morgan fingerprint density at radius 3 is 2.64 bits per heavy atom. The quantitative estimate of drug-likeness (QED) is 0.808. The first-order valence-corrected chi connectivity index (χ1v) is 8.25. The van der Waals surface area contributed by atoms with E-state index in [0.29, 0.717) is 30.5 Å². The van der Waals surface area contributed by atoms with Crippen LogP contribution in [0.5, 0.6) is 0 Å². The fourth-order valence-electron chi connectivity index (χ4n) is 2.32. The number of halogens is 4. The molecule has 1 aromatic carbocycles. The van der Waals surface area contributed by atoms with Crippen molar-refractivity contribution in [1.29, 1.82) is 0 Å².